The largest absolute Gasteiger partial charge is 0.324 e. The van der Waals surface area contributed by atoms with Crippen LogP contribution in [0.3, 0.4) is 0 Å². The Balaban J connectivity index is 1.79. The van der Waals surface area contributed by atoms with Crippen LogP contribution >= 0.6 is 0 Å². The number of para-hydroxylation sites is 1. The predicted molar refractivity (Wildman–Crippen MR) is 115 cm³/mol. The topological polar surface area (TPSA) is 64.0 Å². The van der Waals surface area contributed by atoms with Crippen LogP contribution in [0.2, 0.25) is 0 Å². The number of aromatic nitrogens is 2. The number of anilines is 1. The molecule has 148 valence electrons. The highest BCUT2D eigenvalue weighted by Gasteiger charge is 2.27. The molecule has 4 rings (SSSR count). The van der Waals surface area contributed by atoms with Crippen LogP contribution in [-0.2, 0) is 17.6 Å². The highest BCUT2D eigenvalue weighted by Crippen LogP contribution is 2.29. The SMILES string of the molecule is CCC(C(=O)Nc1ccccc1)n1nc(-c2ccccc2)c2c(c1=O)CCCC2. The van der Waals surface area contributed by atoms with Gasteiger partial charge in [0.25, 0.3) is 5.56 Å². The number of carbonyl (C=O) groups excluding carboxylic acids is 1. The van der Waals surface area contributed by atoms with Crippen molar-refractivity contribution in [1.29, 1.82) is 0 Å². The maximum atomic E-state index is 13.3. The van der Waals surface area contributed by atoms with E-state index in [0.29, 0.717) is 12.1 Å². The maximum Gasteiger partial charge on any atom is 0.271 e. The molecule has 1 heterocycles. The molecule has 0 saturated carbocycles. The van der Waals surface area contributed by atoms with Gasteiger partial charge in [0.2, 0.25) is 5.91 Å². The van der Waals surface area contributed by atoms with Gasteiger partial charge >= 0.3 is 0 Å². The van der Waals surface area contributed by atoms with Crippen LogP contribution in [0.15, 0.2) is 65.5 Å². The predicted octanol–water partition coefficient (Wildman–Crippen LogP) is 4.38. The third-order valence-corrected chi connectivity index (χ3v) is 5.50. The van der Waals surface area contributed by atoms with Crippen molar-refractivity contribution in [2.75, 3.05) is 5.32 Å². The van der Waals surface area contributed by atoms with Gasteiger partial charge in [-0.15, -0.1) is 0 Å². The fourth-order valence-electron chi connectivity index (χ4n) is 4.01. The number of nitrogens with one attached hydrogen (secondary N) is 1. The van der Waals surface area contributed by atoms with Crippen LogP contribution in [0, 0.1) is 0 Å². The molecule has 1 N–H and O–H groups in total. The second kappa shape index (κ2) is 8.43. The Bertz CT molecular complexity index is 1060. The van der Waals surface area contributed by atoms with E-state index in [1.807, 2.05) is 67.6 Å². The van der Waals surface area contributed by atoms with Crippen LogP contribution < -0.4 is 10.9 Å². The van der Waals surface area contributed by atoms with Crippen molar-refractivity contribution in [3.05, 3.63) is 82.1 Å². The van der Waals surface area contributed by atoms with Gasteiger partial charge in [-0.1, -0.05) is 55.5 Å². The van der Waals surface area contributed by atoms with E-state index in [0.717, 1.165) is 48.1 Å². The first-order valence-corrected chi connectivity index (χ1v) is 10.2. The van der Waals surface area contributed by atoms with Crippen LogP contribution in [0.4, 0.5) is 5.69 Å². The van der Waals surface area contributed by atoms with Gasteiger partial charge in [-0.25, -0.2) is 4.68 Å². The number of carbonyl (C=O) groups is 1. The molecule has 1 unspecified atom stereocenters. The number of hydrogen-bond acceptors (Lipinski definition) is 3. The molecule has 5 heteroatoms. The molecule has 0 spiro atoms. The Morgan fingerprint density at radius 2 is 1.62 bits per heavy atom. The highest BCUT2D eigenvalue weighted by molar-refractivity contribution is 5.93. The molecule has 0 aliphatic heterocycles. The second-order valence-corrected chi connectivity index (χ2v) is 7.41. The lowest BCUT2D eigenvalue weighted by atomic mass is 9.89. The molecule has 0 bridgehead atoms. The highest BCUT2D eigenvalue weighted by atomic mass is 16.2. The van der Waals surface area contributed by atoms with Gasteiger partial charge in [0.05, 0.1) is 5.69 Å². The molecule has 1 aliphatic carbocycles. The van der Waals surface area contributed by atoms with E-state index in [2.05, 4.69) is 5.32 Å². The third kappa shape index (κ3) is 3.86. The van der Waals surface area contributed by atoms with Crippen LogP contribution in [0.1, 0.15) is 43.4 Å². The van der Waals surface area contributed by atoms with Gasteiger partial charge in [-0.2, -0.15) is 5.10 Å². The number of nitrogens with zero attached hydrogens (tertiary/aromatic N) is 2. The van der Waals surface area contributed by atoms with E-state index in [9.17, 15) is 9.59 Å². The second-order valence-electron chi connectivity index (χ2n) is 7.41. The van der Waals surface area contributed by atoms with E-state index >= 15 is 0 Å². The van der Waals surface area contributed by atoms with Gasteiger partial charge in [0.15, 0.2) is 0 Å². The molecule has 5 nitrogen and oxygen atoms in total. The molecule has 0 fully saturated rings. The Morgan fingerprint density at radius 1 is 1.00 bits per heavy atom. The number of benzene rings is 2. The summed E-state index contributed by atoms with van der Waals surface area (Å²) < 4.78 is 1.41. The summed E-state index contributed by atoms with van der Waals surface area (Å²) in [5.74, 6) is -0.219. The summed E-state index contributed by atoms with van der Waals surface area (Å²) in [6, 6.07) is 18.6. The minimum atomic E-state index is -0.655. The zero-order valence-electron chi connectivity index (χ0n) is 16.6. The van der Waals surface area contributed by atoms with E-state index in [-0.39, 0.29) is 11.5 Å². The molecule has 0 radical (unpaired) electrons. The standard InChI is InChI=1S/C24H25N3O2/c1-2-21(23(28)25-18-13-7-4-8-14-18)27-24(29)20-16-10-9-15-19(20)22(26-27)17-11-5-3-6-12-17/h3-8,11-14,21H,2,9-10,15-16H2,1H3,(H,25,28). The summed E-state index contributed by atoms with van der Waals surface area (Å²) in [6.45, 7) is 1.91. The van der Waals surface area contributed by atoms with Crippen molar-refractivity contribution >= 4 is 11.6 Å². The fourth-order valence-corrected chi connectivity index (χ4v) is 4.01. The molecular weight excluding hydrogens is 362 g/mol. The van der Waals surface area contributed by atoms with Crippen molar-refractivity contribution in [1.82, 2.24) is 9.78 Å². The molecule has 1 aromatic heterocycles. The number of amides is 1. The van der Waals surface area contributed by atoms with Crippen molar-refractivity contribution in [2.45, 2.75) is 45.1 Å². The lowest BCUT2D eigenvalue weighted by molar-refractivity contribution is -0.119. The summed E-state index contributed by atoms with van der Waals surface area (Å²) in [5, 5.41) is 7.65. The quantitative estimate of drug-likeness (QED) is 0.707. The first-order valence-electron chi connectivity index (χ1n) is 10.2. The van der Waals surface area contributed by atoms with Gasteiger partial charge in [-0.05, 0) is 49.8 Å². The molecule has 1 aliphatic rings. The number of rotatable bonds is 5. The fraction of sp³-hybridized carbons (Fsp3) is 0.292. The first-order chi connectivity index (χ1) is 14.2. The molecule has 29 heavy (non-hydrogen) atoms. The van der Waals surface area contributed by atoms with Crippen molar-refractivity contribution in [3.8, 4) is 11.3 Å². The molecular formula is C24H25N3O2. The Kier molecular flexibility index (Phi) is 5.56. The van der Waals surface area contributed by atoms with Crippen molar-refractivity contribution in [2.24, 2.45) is 0 Å². The van der Waals surface area contributed by atoms with Crippen LogP contribution in [0.5, 0.6) is 0 Å². The molecule has 0 saturated heterocycles. The third-order valence-electron chi connectivity index (χ3n) is 5.50. The summed E-state index contributed by atoms with van der Waals surface area (Å²) in [6.07, 6.45) is 4.14. The van der Waals surface area contributed by atoms with E-state index in [1.54, 1.807) is 0 Å². The van der Waals surface area contributed by atoms with Crippen molar-refractivity contribution in [3.63, 3.8) is 0 Å². The zero-order chi connectivity index (χ0) is 20.2. The summed E-state index contributed by atoms with van der Waals surface area (Å²) in [7, 11) is 0. The van der Waals surface area contributed by atoms with Crippen LogP contribution in [-0.4, -0.2) is 15.7 Å². The normalized spacial score (nSPS) is 14.1. The minimum absolute atomic E-state index is 0.130. The number of fused-ring (bicyclic) bond motifs is 1. The monoisotopic (exact) mass is 387 g/mol. The molecule has 1 amide bonds. The summed E-state index contributed by atoms with van der Waals surface area (Å²) in [5.41, 5.74) is 4.25. The summed E-state index contributed by atoms with van der Waals surface area (Å²) >= 11 is 0. The molecule has 3 aromatic rings. The number of hydrogen-bond donors (Lipinski definition) is 1. The summed E-state index contributed by atoms with van der Waals surface area (Å²) in [4.78, 5) is 26.3. The maximum absolute atomic E-state index is 13.3. The van der Waals surface area contributed by atoms with Gasteiger partial charge in [0.1, 0.15) is 6.04 Å². The van der Waals surface area contributed by atoms with E-state index in [4.69, 9.17) is 5.10 Å². The molecule has 2 aromatic carbocycles. The first kappa shape index (κ1) is 19.1. The lowest BCUT2D eigenvalue weighted by Gasteiger charge is -2.23. The Morgan fingerprint density at radius 3 is 2.28 bits per heavy atom. The molecule has 1 atom stereocenters. The van der Waals surface area contributed by atoms with Gasteiger partial charge < -0.3 is 5.32 Å². The minimum Gasteiger partial charge on any atom is -0.324 e. The average Bonchev–Trinajstić information content (AvgIpc) is 2.77. The van der Waals surface area contributed by atoms with E-state index in [1.165, 1.54) is 4.68 Å². The van der Waals surface area contributed by atoms with Gasteiger partial charge in [-0.3, -0.25) is 9.59 Å². The smallest absolute Gasteiger partial charge is 0.271 e. The average molecular weight is 387 g/mol. The van der Waals surface area contributed by atoms with Crippen molar-refractivity contribution < 1.29 is 4.79 Å². The van der Waals surface area contributed by atoms with E-state index < -0.39 is 6.04 Å². The van der Waals surface area contributed by atoms with Gasteiger partial charge in [0, 0.05) is 16.8 Å². The Hall–Kier alpha value is -3.21. The Labute approximate surface area is 170 Å². The zero-order valence-corrected chi connectivity index (χ0v) is 16.6. The van der Waals surface area contributed by atoms with Crippen LogP contribution in [0.25, 0.3) is 11.3 Å². The lowest BCUT2D eigenvalue weighted by Crippen LogP contribution is -2.38.